The molecule has 4 saturated carbocycles. The van der Waals surface area contributed by atoms with Crippen LogP contribution in [0.3, 0.4) is 0 Å². The zero-order chi connectivity index (χ0) is 38.7. The topological polar surface area (TPSA) is 162 Å². The number of fused-ring (bicyclic) bond motifs is 1. The first kappa shape index (κ1) is 35.9. The van der Waals surface area contributed by atoms with Gasteiger partial charge in [-0.3, -0.25) is 14.4 Å². The highest BCUT2D eigenvalue weighted by atomic mass is 16.4. The van der Waals surface area contributed by atoms with Crippen molar-refractivity contribution < 1.29 is 34.2 Å². The Morgan fingerprint density at radius 2 is 1.12 bits per heavy atom. The smallest absolute Gasteiger partial charge is 0.336 e. The van der Waals surface area contributed by atoms with Crippen molar-refractivity contribution in [2.75, 3.05) is 11.9 Å². The van der Waals surface area contributed by atoms with Crippen molar-refractivity contribution in [2.45, 2.75) is 62.8 Å². The lowest BCUT2D eigenvalue weighted by molar-refractivity contribution is -0.139. The molecule has 4 fully saturated rings. The number of hydrogen-bond acceptors (Lipinski definition) is 5. The van der Waals surface area contributed by atoms with E-state index in [-0.39, 0.29) is 29.3 Å². The number of anilines is 1. The molecule has 7 aliphatic rings. The number of carboxylic acids is 2. The van der Waals surface area contributed by atoms with E-state index >= 15 is 4.79 Å². The Kier molecular flexibility index (Phi) is 9.02. The van der Waals surface area contributed by atoms with Crippen molar-refractivity contribution in [3.05, 3.63) is 136 Å². The summed E-state index contributed by atoms with van der Waals surface area (Å²) >= 11 is 0. The monoisotopic (exact) mass is 751 g/mol. The molecule has 0 spiro atoms. The highest BCUT2D eigenvalue weighted by Gasteiger charge is 2.56. The van der Waals surface area contributed by atoms with Gasteiger partial charge in [-0.2, -0.15) is 0 Å². The third kappa shape index (κ3) is 6.34. The molecule has 3 atom stereocenters. The summed E-state index contributed by atoms with van der Waals surface area (Å²) in [5, 5.41) is 28.4. The quantitative estimate of drug-likeness (QED) is 0.115. The summed E-state index contributed by atoms with van der Waals surface area (Å²) in [5.74, 6) is -4.13. The lowest BCUT2D eigenvalue weighted by atomic mass is 9.49. The number of amides is 3. The summed E-state index contributed by atoms with van der Waals surface area (Å²) in [5.41, 5.74) is 4.18. The number of hydrogen-bond donors (Lipinski definition) is 5. The Bertz CT molecular complexity index is 2170. The van der Waals surface area contributed by atoms with Crippen LogP contribution < -0.4 is 16.0 Å². The number of carbonyl (C=O) groups is 5. The molecule has 10 nitrogen and oxygen atoms in total. The highest BCUT2D eigenvalue weighted by Crippen LogP contribution is 2.61. The molecule has 0 saturated heterocycles. The summed E-state index contributed by atoms with van der Waals surface area (Å²) in [6.45, 7) is 0.610. The minimum atomic E-state index is -1.45. The van der Waals surface area contributed by atoms with Gasteiger partial charge in [0.25, 0.3) is 0 Å². The van der Waals surface area contributed by atoms with Crippen molar-refractivity contribution in [1.82, 2.24) is 10.6 Å². The molecule has 5 N–H and O–H groups in total. The van der Waals surface area contributed by atoms with Gasteiger partial charge >= 0.3 is 11.9 Å². The Labute approximate surface area is 325 Å². The molecule has 4 aromatic carbocycles. The molecular weight excluding hydrogens is 707 g/mol. The first-order valence-electron chi connectivity index (χ1n) is 19.8. The minimum Gasteiger partial charge on any atom is -0.478 e. The Morgan fingerprint density at radius 1 is 0.625 bits per heavy atom. The van der Waals surface area contributed by atoms with E-state index in [2.05, 4.69) is 28.1 Å². The van der Waals surface area contributed by atoms with Gasteiger partial charge in [-0.05, 0) is 108 Å². The lowest BCUT2D eigenvalue weighted by Gasteiger charge is -2.57. The number of nitrogens with one attached hydrogen (secondary N) is 3. The van der Waals surface area contributed by atoms with Crippen molar-refractivity contribution in [2.24, 2.45) is 35.0 Å². The van der Waals surface area contributed by atoms with Crippen LogP contribution >= 0.6 is 0 Å². The SMILES string of the molecule is O=C(O)c1ccc(NC(=O)[C@H](Cc2ccccc2)NC(=O)C2C3c4ccccc4C(c4ccccc43)C2C(=O)NCC23CC4CC(CC(C4)C2)C3)cc1C(=O)O. The fraction of sp³-hybridized carbons (Fsp3) is 0.370. The molecule has 56 heavy (non-hydrogen) atoms. The molecular formula is C46H45N3O7. The van der Waals surface area contributed by atoms with E-state index in [0.717, 1.165) is 77.0 Å². The zero-order valence-corrected chi connectivity index (χ0v) is 30.9. The van der Waals surface area contributed by atoms with Gasteiger partial charge in [0.1, 0.15) is 6.04 Å². The molecule has 286 valence electrons. The summed E-state index contributed by atoms with van der Waals surface area (Å²) in [6.07, 6.45) is 7.48. The fourth-order valence-corrected chi connectivity index (χ4v) is 11.7. The average Bonchev–Trinajstić information content (AvgIpc) is 3.19. The summed E-state index contributed by atoms with van der Waals surface area (Å²) in [6, 6.07) is 27.8. The lowest BCUT2D eigenvalue weighted by Crippen LogP contribution is -2.57. The number of carbonyl (C=O) groups excluding carboxylic acids is 3. The number of rotatable bonds is 11. The molecule has 0 aromatic heterocycles. The predicted molar refractivity (Wildman–Crippen MR) is 208 cm³/mol. The molecule has 7 aliphatic carbocycles. The van der Waals surface area contributed by atoms with Crippen LogP contribution in [0.5, 0.6) is 0 Å². The second-order valence-corrected chi connectivity index (χ2v) is 17.0. The number of aromatic carboxylic acids is 2. The van der Waals surface area contributed by atoms with E-state index in [9.17, 15) is 29.4 Å². The predicted octanol–water partition coefficient (Wildman–Crippen LogP) is 6.61. The summed E-state index contributed by atoms with van der Waals surface area (Å²) < 4.78 is 0. The van der Waals surface area contributed by atoms with Crippen LogP contribution in [0.15, 0.2) is 97.1 Å². The number of carboxylic acid groups (broad SMARTS) is 2. The van der Waals surface area contributed by atoms with Gasteiger partial charge in [-0.1, -0.05) is 78.9 Å². The molecule has 2 unspecified atom stereocenters. The second-order valence-electron chi connectivity index (χ2n) is 17.0. The third-order valence-corrected chi connectivity index (χ3v) is 13.5. The van der Waals surface area contributed by atoms with Crippen LogP contribution in [0.4, 0.5) is 5.69 Å². The molecule has 0 heterocycles. The molecule has 10 heteroatoms. The van der Waals surface area contributed by atoms with Crippen molar-refractivity contribution in [1.29, 1.82) is 0 Å². The van der Waals surface area contributed by atoms with Gasteiger partial charge in [0, 0.05) is 30.5 Å². The van der Waals surface area contributed by atoms with E-state index in [1.165, 1.54) is 25.3 Å². The van der Waals surface area contributed by atoms with Crippen LogP contribution in [-0.2, 0) is 20.8 Å². The largest absolute Gasteiger partial charge is 0.478 e. The average molecular weight is 752 g/mol. The standard InChI is InChI=1S/C46H45N3O7/c50-41(48-29-14-15-34(44(53)54)35(20-29)45(55)56)36(19-25-8-2-1-3-9-25)49-43(52)40-38-32-12-6-4-10-30(32)37(31-11-5-7-13-33(31)38)39(40)42(51)47-24-46-21-26-16-27(22-46)18-28(17-26)23-46/h1-15,20,26-28,36-40H,16-19,21-24H2,(H,47,51)(H,48,50)(H,49,52)(H,53,54)(H,55,56)/t26?,27?,28?,36-,37?,38?,39?,40?,46?/m0/s1. The fourth-order valence-electron chi connectivity index (χ4n) is 11.7. The van der Waals surface area contributed by atoms with Gasteiger partial charge in [0.05, 0.1) is 23.0 Å². The summed E-state index contributed by atoms with van der Waals surface area (Å²) in [7, 11) is 0. The van der Waals surface area contributed by atoms with Gasteiger partial charge in [-0.15, -0.1) is 0 Å². The maximum absolute atomic E-state index is 15.1. The van der Waals surface area contributed by atoms with Gasteiger partial charge in [0.15, 0.2) is 0 Å². The van der Waals surface area contributed by atoms with E-state index in [0.29, 0.717) is 6.54 Å². The van der Waals surface area contributed by atoms with Crippen LogP contribution in [0, 0.1) is 35.0 Å². The normalized spacial score (nSPS) is 28.0. The maximum Gasteiger partial charge on any atom is 0.336 e. The van der Waals surface area contributed by atoms with E-state index < -0.39 is 58.7 Å². The minimum absolute atomic E-state index is 0.0752. The molecule has 3 amide bonds. The van der Waals surface area contributed by atoms with E-state index in [4.69, 9.17) is 0 Å². The van der Waals surface area contributed by atoms with E-state index in [1.54, 1.807) is 0 Å². The van der Waals surface area contributed by atoms with Crippen molar-refractivity contribution in [3.8, 4) is 0 Å². The molecule has 4 aromatic rings. The number of benzene rings is 4. The van der Waals surface area contributed by atoms with Gasteiger partial charge in [0.2, 0.25) is 17.7 Å². The first-order chi connectivity index (χ1) is 27.1. The van der Waals surface area contributed by atoms with Gasteiger partial charge < -0.3 is 26.2 Å². The van der Waals surface area contributed by atoms with Crippen LogP contribution in [0.1, 0.15) is 98.9 Å². The van der Waals surface area contributed by atoms with Crippen LogP contribution in [-0.4, -0.2) is 52.5 Å². The Morgan fingerprint density at radius 3 is 1.64 bits per heavy atom. The molecule has 0 radical (unpaired) electrons. The maximum atomic E-state index is 15.1. The molecule has 6 bridgehead atoms. The third-order valence-electron chi connectivity index (χ3n) is 13.5. The van der Waals surface area contributed by atoms with Gasteiger partial charge in [-0.25, -0.2) is 9.59 Å². The van der Waals surface area contributed by atoms with Crippen molar-refractivity contribution in [3.63, 3.8) is 0 Å². The van der Waals surface area contributed by atoms with Crippen LogP contribution in [0.2, 0.25) is 0 Å². The van der Waals surface area contributed by atoms with E-state index in [1.807, 2.05) is 66.7 Å². The Hall–Kier alpha value is -5.77. The molecule has 11 rings (SSSR count). The van der Waals surface area contributed by atoms with Crippen LogP contribution in [0.25, 0.3) is 0 Å². The molecule has 0 aliphatic heterocycles. The zero-order valence-electron chi connectivity index (χ0n) is 30.9. The Balaban J connectivity index is 1.05. The summed E-state index contributed by atoms with van der Waals surface area (Å²) in [4.78, 5) is 67.7. The second kappa shape index (κ2) is 14.1. The van der Waals surface area contributed by atoms with Crippen molar-refractivity contribution >= 4 is 35.3 Å². The first-order valence-corrected chi connectivity index (χ1v) is 19.8. The highest BCUT2D eigenvalue weighted by molar-refractivity contribution is 6.04.